The minimum Gasteiger partial charge on any atom is -0.450 e. The molecule has 10 nitrogen and oxygen atoms in total. The highest BCUT2D eigenvalue weighted by Crippen LogP contribution is 2.37. The summed E-state index contributed by atoms with van der Waals surface area (Å²) in [5.41, 5.74) is 6.55. The van der Waals surface area contributed by atoms with Gasteiger partial charge < -0.3 is 20.7 Å². The molecule has 0 bridgehead atoms. The molecule has 4 rings (SSSR count). The molecule has 194 valence electrons. The van der Waals surface area contributed by atoms with Gasteiger partial charge in [-0.1, -0.05) is 0 Å². The fourth-order valence-electron chi connectivity index (χ4n) is 4.47. The number of hydrogen-bond donors (Lipinski definition) is 2. The van der Waals surface area contributed by atoms with Crippen LogP contribution in [-0.2, 0) is 32.5 Å². The van der Waals surface area contributed by atoms with E-state index < -0.39 is 39.7 Å². The monoisotopic (exact) mass is 538 g/mol. The van der Waals surface area contributed by atoms with E-state index in [2.05, 4.69) is 5.32 Å². The molecule has 36 heavy (non-hydrogen) atoms. The molecule has 2 aliphatic heterocycles. The Bertz CT molecular complexity index is 1280. The van der Waals surface area contributed by atoms with Crippen LogP contribution in [0.15, 0.2) is 29.2 Å². The predicted molar refractivity (Wildman–Crippen MR) is 130 cm³/mol. The third-order valence-electron chi connectivity index (χ3n) is 6.27. The molecular weight excluding hydrogens is 511 g/mol. The Morgan fingerprint density at radius 2 is 1.94 bits per heavy atom. The van der Waals surface area contributed by atoms with Crippen molar-refractivity contribution in [2.75, 3.05) is 31.6 Å². The van der Waals surface area contributed by atoms with E-state index in [0.29, 0.717) is 36.4 Å². The van der Waals surface area contributed by atoms with E-state index in [4.69, 9.17) is 10.5 Å². The van der Waals surface area contributed by atoms with Crippen molar-refractivity contribution in [2.45, 2.75) is 37.6 Å². The Morgan fingerprint density at radius 1 is 1.22 bits per heavy atom. The minimum absolute atomic E-state index is 0.0425. The number of ether oxygens (including phenoxy) is 1. The standard InChI is InChI=1S/C23H27FN4O6S2/c1-2-34-23(31)27-11-9-17-18(13-27)35-22(19(17)20(25)29)26-21(30)14-4-3-10-28(12-14)36(32,33)16-7-5-15(24)6-8-16/h5-8,14H,2-4,9-13H2,1H3,(H2,25,29)(H,26,30). The number of sulfonamides is 1. The molecule has 1 unspecified atom stereocenters. The zero-order valence-electron chi connectivity index (χ0n) is 19.7. The molecule has 2 aromatic rings. The zero-order valence-corrected chi connectivity index (χ0v) is 21.3. The Hall–Kier alpha value is -3.03. The van der Waals surface area contributed by atoms with Gasteiger partial charge in [0.1, 0.15) is 10.8 Å². The third-order valence-corrected chi connectivity index (χ3v) is 9.28. The van der Waals surface area contributed by atoms with Crippen LogP contribution < -0.4 is 11.1 Å². The van der Waals surface area contributed by atoms with E-state index in [-0.39, 0.29) is 36.7 Å². The Morgan fingerprint density at radius 3 is 2.61 bits per heavy atom. The molecule has 0 aliphatic carbocycles. The molecular formula is C23H27FN4O6S2. The number of amides is 3. The SMILES string of the molecule is CCOC(=O)N1CCc2c(sc(NC(=O)C3CCCN(S(=O)(=O)c4ccc(F)cc4)C3)c2C(N)=O)C1. The summed E-state index contributed by atoms with van der Waals surface area (Å²) < 4.78 is 45.5. The average molecular weight is 539 g/mol. The smallest absolute Gasteiger partial charge is 0.410 e. The normalized spacial score (nSPS) is 18.4. The number of nitrogens with zero attached hydrogens (tertiary/aromatic N) is 2. The molecule has 1 saturated heterocycles. The zero-order chi connectivity index (χ0) is 26.0. The van der Waals surface area contributed by atoms with E-state index in [1.165, 1.54) is 32.7 Å². The first-order valence-corrected chi connectivity index (χ1v) is 13.8. The van der Waals surface area contributed by atoms with Crippen molar-refractivity contribution in [3.05, 3.63) is 46.1 Å². The Labute approximate surface area is 212 Å². The van der Waals surface area contributed by atoms with Gasteiger partial charge in [-0.2, -0.15) is 4.31 Å². The van der Waals surface area contributed by atoms with Crippen molar-refractivity contribution in [3.63, 3.8) is 0 Å². The lowest BCUT2D eigenvalue weighted by molar-refractivity contribution is -0.120. The van der Waals surface area contributed by atoms with Gasteiger partial charge in [0.2, 0.25) is 15.9 Å². The summed E-state index contributed by atoms with van der Waals surface area (Å²) in [7, 11) is -3.90. The van der Waals surface area contributed by atoms with Crippen LogP contribution in [0.4, 0.5) is 14.2 Å². The number of carbonyl (C=O) groups excluding carboxylic acids is 3. The minimum atomic E-state index is -3.90. The van der Waals surface area contributed by atoms with Crippen LogP contribution >= 0.6 is 11.3 Å². The van der Waals surface area contributed by atoms with Gasteiger partial charge in [0.25, 0.3) is 5.91 Å². The number of fused-ring (bicyclic) bond motifs is 1. The fourth-order valence-corrected chi connectivity index (χ4v) is 7.26. The summed E-state index contributed by atoms with van der Waals surface area (Å²) in [5, 5.41) is 3.07. The second-order valence-corrected chi connectivity index (χ2v) is 11.6. The quantitative estimate of drug-likeness (QED) is 0.580. The summed E-state index contributed by atoms with van der Waals surface area (Å²) in [4.78, 5) is 39.8. The summed E-state index contributed by atoms with van der Waals surface area (Å²) in [6, 6.07) is 4.55. The van der Waals surface area contributed by atoms with Gasteiger partial charge in [-0.05, 0) is 56.0 Å². The lowest BCUT2D eigenvalue weighted by atomic mass is 9.98. The van der Waals surface area contributed by atoms with Crippen molar-refractivity contribution in [2.24, 2.45) is 11.7 Å². The highest BCUT2D eigenvalue weighted by Gasteiger charge is 2.35. The van der Waals surface area contributed by atoms with Crippen LogP contribution in [0.25, 0.3) is 0 Å². The van der Waals surface area contributed by atoms with E-state index in [1.807, 2.05) is 0 Å². The molecule has 3 heterocycles. The van der Waals surface area contributed by atoms with Gasteiger partial charge in [-0.3, -0.25) is 9.59 Å². The molecule has 0 saturated carbocycles. The summed E-state index contributed by atoms with van der Waals surface area (Å²) in [5.74, 6) is -2.29. The fraction of sp³-hybridized carbons (Fsp3) is 0.435. The first-order valence-electron chi connectivity index (χ1n) is 11.5. The second kappa shape index (κ2) is 10.5. The Balaban J connectivity index is 1.51. The molecule has 1 fully saturated rings. The van der Waals surface area contributed by atoms with Crippen molar-refractivity contribution in [1.29, 1.82) is 0 Å². The number of anilines is 1. The number of carbonyl (C=O) groups is 3. The van der Waals surface area contributed by atoms with Crippen molar-refractivity contribution in [3.8, 4) is 0 Å². The van der Waals surface area contributed by atoms with E-state index in [1.54, 1.807) is 6.92 Å². The van der Waals surface area contributed by atoms with E-state index in [0.717, 1.165) is 17.0 Å². The molecule has 3 amide bonds. The highest BCUT2D eigenvalue weighted by atomic mass is 32.2. The number of primary amides is 1. The predicted octanol–water partition coefficient (Wildman–Crippen LogP) is 2.54. The van der Waals surface area contributed by atoms with Crippen LogP contribution in [-0.4, -0.2) is 61.8 Å². The lowest BCUT2D eigenvalue weighted by Gasteiger charge is -2.31. The molecule has 2 aliphatic rings. The number of benzene rings is 1. The van der Waals surface area contributed by atoms with Crippen LogP contribution in [0.2, 0.25) is 0 Å². The second-order valence-electron chi connectivity index (χ2n) is 8.59. The highest BCUT2D eigenvalue weighted by molar-refractivity contribution is 7.89. The number of thiophene rings is 1. The van der Waals surface area contributed by atoms with Gasteiger partial charge in [-0.25, -0.2) is 17.6 Å². The molecule has 13 heteroatoms. The topological polar surface area (TPSA) is 139 Å². The van der Waals surface area contributed by atoms with E-state index in [9.17, 15) is 27.2 Å². The van der Waals surface area contributed by atoms with Gasteiger partial charge in [-0.15, -0.1) is 11.3 Å². The summed E-state index contributed by atoms with van der Waals surface area (Å²) >= 11 is 1.18. The number of nitrogens with one attached hydrogen (secondary N) is 1. The van der Waals surface area contributed by atoms with Crippen LogP contribution in [0, 0.1) is 11.7 Å². The molecule has 0 radical (unpaired) electrons. The lowest BCUT2D eigenvalue weighted by Crippen LogP contribution is -2.43. The van der Waals surface area contributed by atoms with Crippen molar-refractivity contribution >= 4 is 44.3 Å². The maximum Gasteiger partial charge on any atom is 0.410 e. The molecule has 3 N–H and O–H groups in total. The Kier molecular flexibility index (Phi) is 7.62. The first-order chi connectivity index (χ1) is 17.1. The summed E-state index contributed by atoms with van der Waals surface area (Å²) in [6.45, 7) is 2.76. The summed E-state index contributed by atoms with van der Waals surface area (Å²) in [6.07, 6.45) is 0.879. The van der Waals surface area contributed by atoms with Crippen LogP contribution in [0.5, 0.6) is 0 Å². The number of halogens is 1. The van der Waals surface area contributed by atoms with E-state index >= 15 is 0 Å². The number of nitrogens with two attached hydrogens (primary N) is 1. The number of piperidine rings is 1. The molecule has 1 atom stereocenters. The largest absolute Gasteiger partial charge is 0.450 e. The number of hydrogen-bond acceptors (Lipinski definition) is 7. The first kappa shape index (κ1) is 26.0. The maximum atomic E-state index is 13.2. The van der Waals surface area contributed by atoms with Gasteiger partial charge in [0, 0.05) is 24.5 Å². The molecule has 0 spiro atoms. The average Bonchev–Trinajstić information content (AvgIpc) is 3.21. The number of rotatable bonds is 6. The van der Waals surface area contributed by atoms with Gasteiger partial charge in [0.15, 0.2) is 0 Å². The van der Waals surface area contributed by atoms with Crippen molar-refractivity contribution in [1.82, 2.24) is 9.21 Å². The molecule has 1 aromatic heterocycles. The van der Waals surface area contributed by atoms with Crippen LogP contribution in [0.3, 0.4) is 0 Å². The van der Waals surface area contributed by atoms with Crippen LogP contribution in [0.1, 0.15) is 40.6 Å². The third kappa shape index (κ3) is 5.22. The maximum absolute atomic E-state index is 13.2. The van der Waals surface area contributed by atoms with Gasteiger partial charge >= 0.3 is 6.09 Å². The van der Waals surface area contributed by atoms with Gasteiger partial charge in [0.05, 0.1) is 29.5 Å². The molecule has 1 aromatic carbocycles. The van der Waals surface area contributed by atoms with Crippen molar-refractivity contribution < 1.29 is 31.9 Å².